The Balaban J connectivity index is 1.81. The summed E-state index contributed by atoms with van der Waals surface area (Å²) >= 11 is 0. The van der Waals surface area contributed by atoms with Gasteiger partial charge in [0.25, 0.3) is 0 Å². The van der Waals surface area contributed by atoms with E-state index in [0.717, 1.165) is 25.0 Å². The minimum absolute atomic E-state index is 0.531. The zero-order chi connectivity index (χ0) is 12.5. The normalized spacial score (nSPS) is 26.2. The SMILES string of the molecule is CNc1nc(NC2CC2C)nc(N2CCCC2)n1. The van der Waals surface area contributed by atoms with Gasteiger partial charge in [0.2, 0.25) is 17.8 Å². The van der Waals surface area contributed by atoms with Crippen LogP contribution in [0.25, 0.3) is 0 Å². The van der Waals surface area contributed by atoms with Crippen molar-refractivity contribution in [3.8, 4) is 0 Å². The van der Waals surface area contributed by atoms with Crippen LogP contribution in [-0.4, -0.2) is 41.1 Å². The fraction of sp³-hybridized carbons (Fsp3) is 0.750. The summed E-state index contributed by atoms with van der Waals surface area (Å²) < 4.78 is 0. The summed E-state index contributed by atoms with van der Waals surface area (Å²) in [6.07, 6.45) is 3.66. The van der Waals surface area contributed by atoms with Crippen molar-refractivity contribution >= 4 is 17.8 Å². The summed E-state index contributed by atoms with van der Waals surface area (Å²) in [6.45, 7) is 4.33. The van der Waals surface area contributed by atoms with Crippen LogP contribution in [-0.2, 0) is 0 Å². The zero-order valence-electron chi connectivity index (χ0n) is 11.0. The Labute approximate surface area is 107 Å². The molecule has 0 aromatic carbocycles. The molecule has 98 valence electrons. The Kier molecular flexibility index (Phi) is 2.93. The molecule has 2 aliphatic rings. The molecule has 0 spiro atoms. The van der Waals surface area contributed by atoms with Gasteiger partial charge in [-0.05, 0) is 25.2 Å². The molecule has 1 saturated heterocycles. The molecule has 2 heterocycles. The molecule has 1 saturated carbocycles. The molecule has 2 atom stereocenters. The number of aromatic nitrogens is 3. The molecule has 1 aromatic heterocycles. The van der Waals surface area contributed by atoms with E-state index in [9.17, 15) is 0 Å². The van der Waals surface area contributed by atoms with Gasteiger partial charge in [-0.15, -0.1) is 0 Å². The molecule has 18 heavy (non-hydrogen) atoms. The third kappa shape index (κ3) is 2.32. The van der Waals surface area contributed by atoms with Gasteiger partial charge in [-0.25, -0.2) is 0 Å². The Morgan fingerprint density at radius 2 is 1.78 bits per heavy atom. The Morgan fingerprint density at radius 1 is 1.11 bits per heavy atom. The van der Waals surface area contributed by atoms with Crippen LogP contribution in [0.1, 0.15) is 26.2 Å². The van der Waals surface area contributed by atoms with Crippen LogP contribution in [0.15, 0.2) is 0 Å². The average Bonchev–Trinajstić information content (AvgIpc) is 2.86. The van der Waals surface area contributed by atoms with Crippen LogP contribution < -0.4 is 15.5 Å². The van der Waals surface area contributed by atoms with Crippen molar-refractivity contribution in [3.63, 3.8) is 0 Å². The van der Waals surface area contributed by atoms with Gasteiger partial charge >= 0.3 is 0 Å². The molecular weight excluding hydrogens is 228 g/mol. The Bertz CT molecular complexity index is 429. The molecule has 6 nitrogen and oxygen atoms in total. The standard InChI is InChI=1S/C12H20N6/c1-8-7-9(8)14-11-15-10(13-2)16-12(17-11)18-5-3-4-6-18/h8-9H,3-7H2,1-2H3,(H2,13,14,15,16,17). The van der Waals surface area contributed by atoms with Gasteiger partial charge < -0.3 is 15.5 Å². The minimum Gasteiger partial charge on any atom is -0.357 e. The topological polar surface area (TPSA) is 66.0 Å². The summed E-state index contributed by atoms with van der Waals surface area (Å²) in [4.78, 5) is 15.6. The van der Waals surface area contributed by atoms with E-state index in [-0.39, 0.29) is 0 Å². The highest BCUT2D eigenvalue weighted by Gasteiger charge is 2.33. The van der Waals surface area contributed by atoms with Crippen LogP contribution in [0.2, 0.25) is 0 Å². The van der Waals surface area contributed by atoms with Gasteiger partial charge in [-0.3, -0.25) is 0 Å². The van der Waals surface area contributed by atoms with Gasteiger partial charge in [0, 0.05) is 26.2 Å². The summed E-state index contributed by atoms with van der Waals surface area (Å²) in [5, 5.41) is 6.38. The van der Waals surface area contributed by atoms with Gasteiger partial charge in [0.1, 0.15) is 0 Å². The first kappa shape index (κ1) is 11.5. The highest BCUT2D eigenvalue weighted by molar-refractivity contribution is 5.45. The molecule has 1 aliphatic carbocycles. The summed E-state index contributed by atoms with van der Waals surface area (Å²) in [6, 6.07) is 0.531. The minimum atomic E-state index is 0.531. The number of anilines is 3. The van der Waals surface area contributed by atoms with Crippen molar-refractivity contribution < 1.29 is 0 Å². The predicted octanol–water partition coefficient (Wildman–Crippen LogP) is 1.33. The molecule has 2 fully saturated rings. The average molecular weight is 248 g/mol. The quantitative estimate of drug-likeness (QED) is 0.838. The number of nitrogens with one attached hydrogen (secondary N) is 2. The summed E-state index contributed by atoms with van der Waals surface area (Å²) in [7, 11) is 1.84. The third-order valence-corrected chi connectivity index (χ3v) is 3.66. The maximum Gasteiger partial charge on any atom is 0.231 e. The van der Waals surface area contributed by atoms with E-state index in [1.54, 1.807) is 0 Å². The van der Waals surface area contributed by atoms with Crippen molar-refractivity contribution in [3.05, 3.63) is 0 Å². The number of nitrogens with zero attached hydrogens (tertiary/aromatic N) is 4. The van der Waals surface area contributed by atoms with E-state index in [1.807, 2.05) is 7.05 Å². The predicted molar refractivity (Wildman–Crippen MR) is 72.0 cm³/mol. The highest BCUT2D eigenvalue weighted by atomic mass is 15.3. The fourth-order valence-electron chi connectivity index (χ4n) is 2.29. The van der Waals surface area contributed by atoms with Crippen molar-refractivity contribution in [1.82, 2.24) is 15.0 Å². The van der Waals surface area contributed by atoms with Crippen LogP contribution in [0.3, 0.4) is 0 Å². The number of hydrogen-bond donors (Lipinski definition) is 2. The second-order valence-electron chi connectivity index (χ2n) is 5.19. The van der Waals surface area contributed by atoms with Crippen LogP contribution >= 0.6 is 0 Å². The molecule has 2 N–H and O–H groups in total. The Hall–Kier alpha value is -1.59. The molecule has 1 aromatic rings. The first-order valence-corrected chi connectivity index (χ1v) is 6.71. The molecule has 3 rings (SSSR count). The summed E-state index contributed by atoms with van der Waals surface area (Å²) in [5.41, 5.74) is 0. The van der Waals surface area contributed by atoms with Crippen LogP contribution in [0.4, 0.5) is 17.8 Å². The molecule has 2 unspecified atom stereocenters. The lowest BCUT2D eigenvalue weighted by Gasteiger charge is -2.16. The maximum absolute atomic E-state index is 4.53. The highest BCUT2D eigenvalue weighted by Crippen LogP contribution is 2.32. The van der Waals surface area contributed by atoms with Gasteiger partial charge in [-0.2, -0.15) is 15.0 Å². The fourth-order valence-corrected chi connectivity index (χ4v) is 2.29. The van der Waals surface area contributed by atoms with E-state index < -0.39 is 0 Å². The lowest BCUT2D eigenvalue weighted by molar-refractivity contribution is 0.867. The van der Waals surface area contributed by atoms with E-state index in [4.69, 9.17) is 0 Å². The molecule has 6 heteroatoms. The van der Waals surface area contributed by atoms with Gasteiger partial charge in [-0.1, -0.05) is 6.92 Å². The first-order chi connectivity index (χ1) is 8.76. The molecule has 0 bridgehead atoms. The second-order valence-corrected chi connectivity index (χ2v) is 5.19. The lowest BCUT2D eigenvalue weighted by atomic mass is 10.4. The third-order valence-electron chi connectivity index (χ3n) is 3.66. The van der Waals surface area contributed by atoms with E-state index in [1.165, 1.54) is 19.3 Å². The first-order valence-electron chi connectivity index (χ1n) is 6.71. The summed E-state index contributed by atoms with van der Waals surface area (Å²) in [5.74, 6) is 2.87. The molecule has 0 radical (unpaired) electrons. The molecular formula is C12H20N6. The number of hydrogen-bond acceptors (Lipinski definition) is 6. The lowest BCUT2D eigenvalue weighted by Crippen LogP contribution is -2.22. The van der Waals surface area contributed by atoms with E-state index in [2.05, 4.69) is 37.4 Å². The molecule has 0 amide bonds. The maximum atomic E-state index is 4.53. The van der Waals surface area contributed by atoms with E-state index in [0.29, 0.717) is 17.9 Å². The van der Waals surface area contributed by atoms with Crippen molar-refractivity contribution in [1.29, 1.82) is 0 Å². The van der Waals surface area contributed by atoms with Crippen LogP contribution in [0, 0.1) is 5.92 Å². The van der Waals surface area contributed by atoms with Crippen molar-refractivity contribution in [2.75, 3.05) is 35.7 Å². The zero-order valence-corrected chi connectivity index (χ0v) is 11.0. The van der Waals surface area contributed by atoms with Gasteiger partial charge in [0.05, 0.1) is 0 Å². The van der Waals surface area contributed by atoms with Crippen LogP contribution in [0.5, 0.6) is 0 Å². The molecule has 1 aliphatic heterocycles. The second kappa shape index (κ2) is 4.59. The monoisotopic (exact) mass is 248 g/mol. The smallest absolute Gasteiger partial charge is 0.231 e. The van der Waals surface area contributed by atoms with Crippen molar-refractivity contribution in [2.45, 2.75) is 32.2 Å². The number of rotatable bonds is 4. The van der Waals surface area contributed by atoms with Crippen molar-refractivity contribution in [2.24, 2.45) is 5.92 Å². The largest absolute Gasteiger partial charge is 0.357 e. The van der Waals surface area contributed by atoms with Gasteiger partial charge in [0.15, 0.2) is 0 Å². The van der Waals surface area contributed by atoms with E-state index >= 15 is 0 Å². The Morgan fingerprint density at radius 3 is 2.39 bits per heavy atom.